The second kappa shape index (κ2) is 6.99. The molecule has 0 radical (unpaired) electrons. The van der Waals surface area contributed by atoms with Gasteiger partial charge in [0.05, 0.1) is 10.7 Å². The molecule has 1 aromatic heterocycles. The van der Waals surface area contributed by atoms with Crippen LogP contribution >= 0.6 is 31.9 Å². The third-order valence-corrected chi connectivity index (χ3v) is 3.91. The van der Waals surface area contributed by atoms with E-state index < -0.39 is 0 Å². The standard InChI is InChI=1S/C16H19Br2NO2/c1-16(2,3)19-8-11-6-13(20-9-11)10-21-15-5-4-12(17)7-14(15)18/h4-7,9,19H,8,10H2,1-3H3. The SMILES string of the molecule is CC(C)(C)NCc1coc(COc2ccc(Br)cc2Br)c1. The van der Waals surface area contributed by atoms with Crippen LogP contribution in [0.15, 0.2) is 43.9 Å². The minimum Gasteiger partial charge on any atom is -0.484 e. The molecule has 2 aromatic rings. The van der Waals surface area contributed by atoms with Gasteiger partial charge in [-0.05, 0) is 61.0 Å². The zero-order chi connectivity index (χ0) is 15.5. The summed E-state index contributed by atoms with van der Waals surface area (Å²) in [5.74, 6) is 1.61. The van der Waals surface area contributed by atoms with Crippen LogP contribution in [0.4, 0.5) is 0 Å². The average molecular weight is 417 g/mol. The van der Waals surface area contributed by atoms with Crippen LogP contribution in [0.2, 0.25) is 0 Å². The Morgan fingerprint density at radius 3 is 2.62 bits per heavy atom. The van der Waals surface area contributed by atoms with Gasteiger partial charge in [0, 0.05) is 22.1 Å². The molecule has 0 bridgehead atoms. The first-order valence-corrected chi connectivity index (χ1v) is 8.31. The van der Waals surface area contributed by atoms with Crippen molar-refractivity contribution < 1.29 is 9.15 Å². The molecule has 21 heavy (non-hydrogen) atoms. The third-order valence-electron chi connectivity index (χ3n) is 2.79. The molecule has 3 nitrogen and oxygen atoms in total. The second-order valence-corrected chi connectivity index (χ2v) is 7.66. The van der Waals surface area contributed by atoms with Crippen LogP contribution in [-0.2, 0) is 13.2 Å². The van der Waals surface area contributed by atoms with Crippen molar-refractivity contribution in [2.75, 3.05) is 0 Å². The molecule has 0 aliphatic carbocycles. The van der Waals surface area contributed by atoms with Crippen molar-refractivity contribution in [1.82, 2.24) is 5.32 Å². The van der Waals surface area contributed by atoms with E-state index >= 15 is 0 Å². The van der Waals surface area contributed by atoms with E-state index in [1.807, 2.05) is 24.3 Å². The van der Waals surface area contributed by atoms with Gasteiger partial charge in [-0.25, -0.2) is 0 Å². The van der Waals surface area contributed by atoms with E-state index in [9.17, 15) is 0 Å². The van der Waals surface area contributed by atoms with Crippen LogP contribution in [0.3, 0.4) is 0 Å². The van der Waals surface area contributed by atoms with E-state index in [0.717, 1.165) is 32.6 Å². The molecule has 0 aliphatic rings. The van der Waals surface area contributed by atoms with Crippen molar-refractivity contribution in [3.63, 3.8) is 0 Å². The summed E-state index contributed by atoms with van der Waals surface area (Å²) in [6, 6.07) is 7.84. The fourth-order valence-corrected chi connectivity index (χ4v) is 2.86. The molecule has 1 heterocycles. The summed E-state index contributed by atoms with van der Waals surface area (Å²) in [6.07, 6.45) is 1.77. The topological polar surface area (TPSA) is 34.4 Å². The first kappa shape index (κ1) is 16.6. The molecule has 1 N–H and O–H groups in total. The van der Waals surface area contributed by atoms with Gasteiger partial charge in [0.1, 0.15) is 18.1 Å². The van der Waals surface area contributed by atoms with Gasteiger partial charge in [-0.15, -0.1) is 0 Å². The summed E-state index contributed by atoms with van der Waals surface area (Å²) in [7, 11) is 0. The number of furan rings is 1. The molecule has 5 heteroatoms. The number of nitrogens with one attached hydrogen (secondary N) is 1. The number of hydrogen-bond donors (Lipinski definition) is 1. The maximum Gasteiger partial charge on any atom is 0.146 e. The van der Waals surface area contributed by atoms with Gasteiger partial charge in [-0.3, -0.25) is 0 Å². The van der Waals surface area contributed by atoms with Crippen LogP contribution in [0.5, 0.6) is 5.75 Å². The molecule has 0 fully saturated rings. The molecule has 0 spiro atoms. The van der Waals surface area contributed by atoms with E-state index in [2.05, 4.69) is 57.9 Å². The van der Waals surface area contributed by atoms with Crippen LogP contribution < -0.4 is 10.1 Å². The highest BCUT2D eigenvalue weighted by molar-refractivity contribution is 9.11. The third kappa shape index (κ3) is 5.49. The highest BCUT2D eigenvalue weighted by Gasteiger charge is 2.10. The lowest BCUT2D eigenvalue weighted by Crippen LogP contribution is -2.34. The van der Waals surface area contributed by atoms with Gasteiger partial charge >= 0.3 is 0 Å². The molecule has 114 valence electrons. The predicted octanol–water partition coefficient (Wildman–Crippen LogP) is 5.27. The van der Waals surface area contributed by atoms with Gasteiger partial charge in [0.15, 0.2) is 0 Å². The maximum atomic E-state index is 5.75. The molecule has 1 aromatic carbocycles. The summed E-state index contributed by atoms with van der Waals surface area (Å²) < 4.78 is 13.2. The number of hydrogen-bond acceptors (Lipinski definition) is 3. The largest absolute Gasteiger partial charge is 0.484 e. The molecule has 0 atom stereocenters. The maximum absolute atomic E-state index is 5.75. The van der Waals surface area contributed by atoms with E-state index in [0.29, 0.717) is 6.61 Å². The van der Waals surface area contributed by atoms with Crippen molar-refractivity contribution in [3.8, 4) is 5.75 Å². The quantitative estimate of drug-likeness (QED) is 0.720. The monoisotopic (exact) mass is 415 g/mol. The van der Waals surface area contributed by atoms with Crippen molar-refractivity contribution in [2.45, 2.75) is 39.5 Å². The Balaban J connectivity index is 1.90. The van der Waals surface area contributed by atoms with Crippen molar-refractivity contribution in [3.05, 3.63) is 50.8 Å². The summed E-state index contributed by atoms with van der Waals surface area (Å²) in [4.78, 5) is 0. The Kier molecular flexibility index (Phi) is 5.52. The number of halogens is 2. The van der Waals surface area contributed by atoms with Crippen molar-refractivity contribution >= 4 is 31.9 Å². The lowest BCUT2D eigenvalue weighted by Gasteiger charge is -2.19. The highest BCUT2D eigenvalue weighted by Crippen LogP contribution is 2.29. The summed E-state index contributed by atoms with van der Waals surface area (Å²) in [5, 5.41) is 3.43. The smallest absolute Gasteiger partial charge is 0.146 e. The Morgan fingerprint density at radius 1 is 1.19 bits per heavy atom. The average Bonchev–Trinajstić information content (AvgIpc) is 2.82. The Labute approximate surface area is 142 Å². The number of rotatable bonds is 5. The lowest BCUT2D eigenvalue weighted by molar-refractivity contribution is 0.268. The molecule has 2 rings (SSSR count). The Bertz CT molecular complexity index is 603. The van der Waals surface area contributed by atoms with E-state index in [4.69, 9.17) is 9.15 Å². The molecule has 0 aliphatic heterocycles. The van der Waals surface area contributed by atoms with Crippen LogP contribution in [-0.4, -0.2) is 5.54 Å². The van der Waals surface area contributed by atoms with E-state index in [1.54, 1.807) is 6.26 Å². The summed E-state index contributed by atoms with van der Waals surface area (Å²) in [6.45, 7) is 7.62. The molecule has 0 amide bonds. The van der Waals surface area contributed by atoms with E-state index in [-0.39, 0.29) is 5.54 Å². The van der Waals surface area contributed by atoms with Gasteiger partial charge < -0.3 is 14.5 Å². The lowest BCUT2D eigenvalue weighted by atomic mass is 10.1. The normalized spacial score (nSPS) is 11.7. The summed E-state index contributed by atoms with van der Waals surface area (Å²) >= 11 is 6.89. The molecule has 0 saturated heterocycles. The zero-order valence-corrected chi connectivity index (χ0v) is 15.5. The number of ether oxygens (including phenoxy) is 1. The molecular weight excluding hydrogens is 398 g/mol. The molecular formula is C16H19Br2NO2. The van der Waals surface area contributed by atoms with Crippen molar-refractivity contribution in [2.24, 2.45) is 0 Å². The number of benzene rings is 1. The molecule has 0 unspecified atom stereocenters. The fourth-order valence-electron chi connectivity index (χ4n) is 1.70. The highest BCUT2D eigenvalue weighted by atomic mass is 79.9. The van der Waals surface area contributed by atoms with Gasteiger partial charge in [-0.2, -0.15) is 0 Å². The van der Waals surface area contributed by atoms with Crippen LogP contribution in [0, 0.1) is 0 Å². The minimum atomic E-state index is 0.0935. The van der Waals surface area contributed by atoms with E-state index in [1.165, 1.54) is 0 Å². The predicted molar refractivity (Wildman–Crippen MR) is 91.5 cm³/mol. The van der Waals surface area contributed by atoms with Crippen molar-refractivity contribution in [1.29, 1.82) is 0 Å². The first-order chi connectivity index (χ1) is 9.83. The fraction of sp³-hybridized carbons (Fsp3) is 0.375. The van der Waals surface area contributed by atoms with Crippen LogP contribution in [0.1, 0.15) is 32.1 Å². The zero-order valence-electron chi connectivity index (χ0n) is 12.4. The second-order valence-electron chi connectivity index (χ2n) is 5.89. The first-order valence-electron chi connectivity index (χ1n) is 6.73. The minimum absolute atomic E-state index is 0.0935. The van der Waals surface area contributed by atoms with Gasteiger partial charge in [0.2, 0.25) is 0 Å². The molecule has 0 saturated carbocycles. The Morgan fingerprint density at radius 2 is 1.95 bits per heavy atom. The van der Waals surface area contributed by atoms with Crippen LogP contribution in [0.25, 0.3) is 0 Å². The van der Waals surface area contributed by atoms with Gasteiger partial charge in [0.25, 0.3) is 0 Å². The Hall–Kier alpha value is -0.780. The van der Waals surface area contributed by atoms with Gasteiger partial charge in [-0.1, -0.05) is 15.9 Å². The summed E-state index contributed by atoms with van der Waals surface area (Å²) in [5.41, 5.74) is 1.22.